The van der Waals surface area contributed by atoms with Gasteiger partial charge in [-0.15, -0.1) is 24.8 Å². The molecular weight excluding hydrogens is 507 g/mol. The molecule has 0 atom stereocenters. The van der Waals surface area contributed by atoms with E-state index in [1.54, 1.807) is 0 Å². The van der Waals surface area contributed by atoms with Gasteiger partial charge in [0.1, 0.15) is 0 Å². The summed E-state index contributed by atoms with van der Waals surface area (Å²) in [4.78, 5) is 8.81. The average Bonchev–Trinajstić information content (AvgIpc) is 2.86. The quantitative estimate of drug-likeness (QED) is 0.231. The van der Waals surface area contributed by atoms with Crippen molar-refractivity contribution in [3.63, 3.8) is 0 Å². The maximum Gasteiger partial charge on any atom is 0.212 e. The molecule has 2 heterocycles. The second kappa shape index (κ2) is 12.6. The average molecular weight is 534 g/mol. The molecule has 184 valence electrons. The molecule has 0 amide bonds. The molecule has 5 rings (SSSR count). The van der Waals surface area contributed by atoms with Crippen LogP contribution in [0, 0.1) is 0 Å². The smallest absolute Gasteiger partial charge is 0.212 e. The number of halogens is 3. The molecule has 0 bridgehead atoms. The first-order chi connectivity index (χ1) is 16.3. The highest BCUT2D eigenvalue weighted by molar-refractivity contribution is 6.32. The summed E-state index contributed by atoms with van der Waals surface area (Å²) in [5.41, 5.74) is 8.03. The molecule has 0 unspecified atom stereocenters. The van der Waals surface area contributed by atoms with Crippen LogP contribution >= 0.6 is 36.4 Å². The highest BCUT2D eigenvalue weighted by Crippen LogP contribution is 2.33. The summed E-state index contributed by atoms with van der Waals surface area (Å²) in [6, 6.07) is 14.1. The maximum absolute atomic E-state index is 6.40. The fraction of sp³-hybridized carbons (Fsp3) is 0.250. The molecule has 0 fully saturated rings. The van der Waals surface area contributed by atoms with Gasteiger partial charge in [-0.1, -0.05) is 41.9 Å². The largest absolute Gasteiger partial charge is 0.355 e. The summed E-state index contributed by atoms with van der Waals surface area (Å²) < 4.78 is 0. The fourth-order valence-corrected chi connectivity index (χ4v) is 4.20. The highest BCUT2D eigenvalue weighted by Gasteiger charge is 2.13. The van der Waals surface area contributed by atoms with Crippen LogP contribution < -0.4 is 21.5 Å². The van der Waals surface area contributed by atoms with Gasteiger partial charge in [0.2, 0.25) is 11.9 Å². The van der Waals surface area contributed by atoms with Crippen LogP contribution in [-0.4, -0.2) is 50.5 Å². The maximum atomic E-state index is 6.40. The van der Waals surface area contributed by atoms with Crippen molar-refractivity contribution in [2.45, 2.75) is 12.8 Å². The Morgan fingerprint density at radius 3 is 1.77 bits per heavy atom. The lowest BCUT2D eigenvalue weighted by atomic mass is 9.92. The predicted octanol–water partition coefficient (Wildman–Crippen LogP) is 4.04. The van der Waals surface area contributed by atoms with Gasteiger partial charge in [-0.05, 0) is 46.5 Å². The number of hydrogen-bond acceptors (Lipinski definition) is 8. The third-order valence-corrected chi connectivity index (χ3v) is 5.83. The summed E-state index contributed by atoms with van der Waals surface area (Å²) >= 11 is 6.40. The van der Waals surface area contributed by atoms with Crippen LogP contribution in [0.25, 0.3) is 21.5 Å². The zero-order chi connectivity index (χ0) is 22.5. The van der Waals surface area contributed by atoms with Gasteiger partial charge in [0.15, 0.2) is 0 Å². The Labute approximate surface area is 221 Å². The normalized spacial score (nSPS) is 15.6. The molecule has 0 aromatic heterocycles. The fourth-order valence-electron chi connectivity index (χ4n) is 4.03. The SMILES string of the molecule is Cl.Cl.Clc1ccc2c(/C=N/NC3=NCCCN3)c3ccccc3c(/C=N/NC3=NCCCN3)c2c1. The van der Waals surface area contributed by atoms with E-state index < -0.39 is 0 Å². The second-order valence-electron chi connectivity index (χ2n) is 7.82. The summed E-state index contributed by atoms with van der Waals surface area (Å²) in [6.45, 7) is 3.40. The van der Waals surface area contributed by atoms with E-state index in [0.29, 0.717) is 16.9 Å². The van der Waals surface area contributed by atoms with Crippen molar-refractivity contribution in [3.8, 4) is 0 Å². The Morgan fingerprint density at radius 1 is 0.743 bits per heavy atom. The van der Waals surface area contributed by atoms with E-state index in [1.165, 1.54) is 0 Å². The number of nitrogens with one attached hydrogen (secondary N) is 4. The molecular formula is C24H27Cl3N8. The number of aliphatic imine (C=N–C) groups is 2. The first kappa shape index (κ1) is 26.5. The van der Waals surface area contributed by atoms with Crippen LogP contribution in [0.15, 0.2) is 62.7 Å². The molecule has 0 aliphatic carbocycles. The molecule has 2 aliphatic rings. The van der Waals surface area contributed by atoms with Crippen LogP contribution in [0.1, 0.15) is 24.0 Å². The Kier molecular flexibility index (Phi) is 9.54. The topological polar surface area (TPSA) is 97.6 Å². The lowest BCUT2D eigenvalue weighted by Gasteiger charge is -2.15. The van der Waals surface area contributed by atoms with E-state index in [9.17, 15) is 0 Å². The Balaban J connectivity index is 0.00000171. The van der Waals surface area contributed by atoms with Gasteiger partial charge in [-0.25, -0.2) is 10.9 Å². The number of fused-ring (bicyclic) bond motifs is 2. The van der Waals surface area contributed by atoms with Crippen LogP contribution in [0.4, 0.5) is 0 Å². The van der Waals surface area contributed by atoms with Crippen LogP contribution in [0.5, 0.6) is 0 Å². The van der Waals surface area contributed by atoms with E-state index in [-0.39, 0.29) is 24.8 Å². The monoisotopic (exact) mass is 532 g/mol. The molecule has 2 aliphatic heterocycles. The van der Waals surface area contributed by atoms with Crippen LogP contribution in [-0.2, 0) is 0 Å². The van der Waals surface area contributed by atoms with Crippen molar-refractivity contribution in [3.05, 3.63) is 58.6 Å². The lowest BCUT2D eigenvalue weighted by molar-refractivity contribution is 0.712. The van der Waals surface area contributed by atoms with Gasteiger partial charge < -0.3 is 10.6 Å². The van der Waals surface area contributed by atoms with E-state index in [0.717, 1.165) is 71.7 Å². The minimum absolute atomic E-state index is 0. The molecule has 11 heteroatoms. The van der Waals surface area contributed by atoms with Gasteiger partial charge in [-0.3, -0.25) is 9.98 Å². The summed E-state index contributed by atoms with van der Waals surface area (Å²) in [6.07, 6.45) is 5.74. The van der Waals surface area contributed by atoms with E-state index >= 15 is 0 Å². The van der Waals surface area contributed by atoms with Gasteiger partial charge >= 0.3 is 0 Å². The molecule has 35 heavy (non-hydrogen) atoms. The Bertz CT molecular complexity index is 1300. The number of benzene rings is 3. The molecule has 8 nitrogen and oxygen atoms in total. The van der Waals surface area contributed by atoms with E-state index in [4.69, 9.17) is 11.6 Å². The first-order valence-corrected chi connectivity index (χ1v) is 11.5. The van der Waals surface area contributed by atoms with Crippen LogP contribution in [0.2, 0.25) is 5.02 Å². The number of nitrogens with zero attached hydrogens (tertiary/aromatic N) is 4. The molecule has 3 aromatic carbocycles. The zero-order valence-corrected chi connectivity index (χ0v) is 21.3. The van der Waals surface area contributed by atoms with Crippen molar-refractivity contribution in [1.29, 1.82) is 0 Å². The second-order valence-corrected chi connectivity index (χ2v) is 8.26. The summed E-state index contributed by atoms with van der Waals surface area (Å²) in [7, 11) is 0. The molecule has 4 N–H and O–H groups in total. The Morgan fingerprint density at radius 2 is 1.26 bits per heavy atom. The zero-order valence-electron chi connectivity index (χ0n) is 18.9. The van der Waals surface area contributed by atoms with Gasteiger partial charge in [-0.2, -0.15) is 10.2 Å². The minimum Gasteiger partial charge on any atom is -0.355 e. The number of hydrogen-bond donors (Lipinski definition) is 4. The van der Waals surface area contributed by atoms with E-state index in [1.807, 2.05) is 42.8 Å². The van der Waals surface area contributed by atoms with Crippen molar-refractivity contribution in [1.82, 2.24) is 21.5 Å². The summed E-state index contributed by atoms with van der Waals surface area (Å²) in [5.74, 6) is 1.39. The number of guanidine groups is 2. The minimum atomic E-state index is 0. The van der Waals surface area contributed by atoms with E-state index in [2.05, 4.69) is 53.8 Å². The van der Waals surface area contributed by atoms with Crippen molar-refractivity contribution < 1.29 is 0 Å². The molecule has 0 spiro atoms. The van der Waals surface area contributed by atoms with Crippen molar-refractivity contribution in [2.75, 3.05) is 26.2 Å². The third-order valence-electron chi connectivity index (χ3n) is 5.59. The third kappa shape index (κ3) is 6.14. The molecule has 0 saturated heterocycles. The van der Waals surface area contributed by atoms with Crippen molar-refractivity contribution >= 4 is 82.3 Å². The lowest BCUT2D eigenvalue weighted by Crippen LogP contribution is -2.38. The Hall–Kier alpha value is -3.07. The van der Waals surface area contributed by atoms with Crippen LogP contribution in [0.3, 0.4) is 0 Å². The number of rotatable bonds is 4. The molecule has 3 aromatic rings. The van der Waals surface area contributed by atoms with Gasteiger partial charge in [0.25, 0.3) is 0 Å². The number of hydrazone groups is 2. The van der Waals surface area contributed by atoms with Gasteiger partial charge in [0.05, 0.1) is 12.4 Å². The highest BCUT2D eigenvalue weighted by atomic mass is 35.5. The van der Waals surface area contributed by atoms with Crippen molar-refractivity contribution in [2.24, 2.45) is 20.2 Å². The standard InChI is InChI=1S/C24H25ClN8.2ClH/c25-16-7-8-19-20(13-16)22(15-31-33-24-28-11-4-12-29-24)18-6-2-1-5-17(18)21(19)14-30-32-23-26-9-3-10-27-23;;/h1-2,5-8,13-15H,3-4,9-12H2,(H2,26,27,32)(H2,28,29,33);2*1H/b30-14+,31-15+;;. The summed E-state index contributed by atoms with van der Waals surface area (Å²) in [5, 5.41) is 20.2. The van der Waals surface area contributed by atoms with Gasteiger partial charge in [0, 0.05) is 42.3 Å². The molecule has 0 radical (unpaired) electrons. The molecule has 0 saturated carbocycles. The first-order valence-electron chi connectivity index (χ1n) is 11.1. The predicted molar refractivity (Wildman–Crippen MR) is 152 cm³/mol.